The number of nitrogens with one attached hydrogen (secondary N) is 1. The molecule has 0 spiro atoms. The molecule has 1 heterocycles. The molecule has 0 aromatic heterocycles. The molecule has 0 bridgehead atoms. The molecule has 2 aromatic carbocycles. The fourth-order valence-corrected chi connectivity index (χ4v) is 6.74. The largest absolute Gasteiger partial charge is 0.356 e. The predicted molar refractivity (Wildman–Crippen MR) is 125 cm³/mol. The van der Waals surface area contributed by atoms with Crippen LogP contribution in [-0.4, -0.2) is 44.0 Å². The maximum Gasteiger partial charge on any atom is 0.243 e. The molecule has 32 heavy (non-hydrogen) atoms. The lowest BCUT2D eigenvalue weighted by Crippen LogP contribution is -2.43. The van der Waals surface area contributed by atoms with E-state index in [0.717, 1.165) is 41.9 Å². The number of hydrogen-bond acceptors (Lipinski definition) is 4. The summed E-state index contributed by atoms with van der Waals surface area (Å²) in [5.74, 6) is 0.453. The van der Waals surface area contributed by atoms with Crippen molar-refractivity contribution in [3.63, 3.8) is 0 Å². The van der Waals surface area contributed by atoms with Crippen molar-refractivity contribution in [2.24, 2.45) is 5.92 Å². The van der Waals surface area contributed by atoms with E-state index in [1.165, 1.54) is 22.0 Å². The van der Waals surface area contributed by atoms with Crippen molar-refractivity contribution in [1.82, 2.24) is 9.62 Å². The van der Waals surface area contributed by atoms with Gasteiger partial charge in [-0.2, -0.15) is 4.31 Å². The number of rotatable bonds is 8. The second kappa shape index (κ2) is 10.4. The number of nitrogens with zero attached hydrogens (tertiary/aromatic N) is 1. The van der Waals surface area contributed by atoms with Gasteiger partial charge in [-0.25, -0.2) is 12.8 Å². The van der Waals surface area contributed by atoms with E-state index in [1.807, 2.05) is 12.1 Å². The topological polar surface area (TPSA) is 66.5 Å². The first kappa shape index (κ1) is 23.3. The van der Waals surface area contributed by atoms with Crippen molar-refractivity contribution >= 4 is 27.7 Å². The van der Waals surface area contributed by atoms with Crippen molar-refractivity contribution in [1.29, 1.82) is 0 Å². The Kier molecular flexibility index (Phi) is 7.53. The Morgan fingerprint density at radius 2 is 1.78 bits per heavy atom. The van der Waals surface area contributed by atoms with E-state index in [9.17, 15) is 17.6 Å². The molecule has 4 rings (SSSR count). The van der Waals surface area contributed by atoms with Crippen molar-refractivity contribution < 1.29 is 17.6 Å². The summed E-state index contributed by atoms with van der Waals surface area (Å²) >= 11 is 1.63. The summed E-state index contributed by atoms with van der Waals surface area (Å²) in [6.45, 7) is 1.33. The summed E-state index contributed by atoms with van der Waals surface area (Å²) in [7, 11) is -3.51. The van der Waals surface area contributed by atoms with Crippen molar-refractivity contribution in [3.8, 4) is 0 Å². The summed E-state index contributed by atoms with van der Waals surface area (Å²) < 4.78 is 40.5. The number of halogens is 1. The molecule has 1 saturated heterocycles. The van der Waals surface area contributed by atoms with Gasteiger partial charge in [-0.05, 0) is 91.8 Å². The first-order chi connectivity index (χ1) is 15.4. The van der Waals surface area contributed by atoms with E-state index in [2.05, 4.69) is 5.32 Å². The highest BCUT2D eigenvalue weighted by atomic mass is 32.2. The van der Waals surface area contributed by atoms with Crippen molar-refractivity contribution in [2.75, 3.05) is 25.4 Å². The molecule has 172 valence electrons. The maximum atomic E-state index is 13.0. The average molecular weight is 477 g/mol. The standard InChI is InChI=1S/C24H29FN2O3S2/c25-21-6-8-22(9-7-21)31-16-2-13-26-24(28)19-11-14-27(15-12-19)32(29,30)23-10-5-18-3-1-4-20(18)17-23/h5-10,17,19H,1-4,11-16H2,(H,26,28). The van der Waals surface area contributed by atoms with Crippen molar-refractivity contribution in [3.05, 3.63) is 59.4 Å². The first-order valence-corrected chi connectivity index (χ1v) is 13.6. The Balaban J connectivity index is 1.20. The van der Waals surface area contributed by atoms with E-state index < -0.39 is 10.0 Å². The highest BCUT2D eigenvalue weighted by Crippen LogP contribution is 2.28. The number of piperidine rings is 1. The molecule has 2 aliphatic rings. The van der Waals surface area contributed by atoms with Gasteiger partial charge >= 0.3 is 0 Å². The molecule has 0 radical (unpaired) electrons. The molecule has 0 saturated carbocycles. The Morgan fingerprint density at radius 3 is 2.53 bits per heavy atom. The zero-order valence-corrected chi connectivity index (χ0v) is 19.7. The third kappa shape index (κ3) is 5.53. The van der Waals surface area contributed by atoms with Gasteiger partial charge in [0.1, 0.15) is 5.82 Å². The zero-order chi connectivity index (χ0) is 22.6. The fraction of sp³-hybridized carbons (Fsp3) is 0.458. The molecule has 8 heteroatoms. The van der Waals surface area contributed by atoms with Crippen LogP contribution in [0.5, 0.6) is 0 Å². The predicted octanol–water partition coefficient (Wildman–Crippen LogP) is 4.01. The van der Waals surface area contributed by atoms with Gasteiger partial charge < -0.3 is 5.32 Å². The average Bonchev–Trinajstić information content (AvgIpc) is 3.28. The minimum absolute atomic E-state index is 0.00589. The molecular formula is C24H29FN2O3S2. The van der Waals surface area contributed by atoms with Gasteiger partial charge in [-0.1, -0.05) is 6.07 Å². The number of benzene rings is 2. The molecular weight excluding hydrogens is 447 g/mol. The second-order valence-electron chi connectivity index (χ2n) is 8.41. The van der Waals surface area contributed by atoms with Crippen LogP contribution in [0.15, 0.2) is 52.3 Å². The lowest BCUT2D eigenvalue weighted by Gasteiger charge is -2.30. The number of sulfonamides is 1. The van der Waals surface area contributed by atoms with Crippen LogP contribution in [0.4, 0.5) is 4.39 Å². The highest BCUT2D eigenvalue weighted by molar-refractivity contribution is 7.99. The molecule has 1 aliphatic carbocycles. The second-order valence-corrected chi connectivity index (χ2v) is 11.5. The number of hydrogen-bond donors (Lipinski definition) is 1. The Morgan fingerprint density at radius 1 is 1.06 bits per heavy atom. The van der Waals surface area contributed by atoms with Crippen molar-refractivity contribution in [2.45, 2.75) is 48.3 Å². The third-order valence-corrected chi connectivity index (χ3v) is 9.23. The molecule has 0 unspecified atom stereocenters. The van der Waals surface area contributed by atoms with E-state index >= 15 is 0 Å². The molecule has 1 aliphatic heterocycles. The van der Waals surface area contributed by atoms with E-state index in [1.54, 1.807) is 30.0 Å². The minimum atomic E-state index is -3.51. The van der Waals surface area contributed by atoms with Crippen LogP contribution in [-0.2, 0) is 27.7 Å². The number of carbonyl (C=O) groups is 1. The van der Waals surface area contributed by atoms with Crippen LogP contribution in [0.3, 0.4) is 0 Å². The number of amides is 1. The van der Waals surface area contributed by atoms with Gasteiger partial charge in [0.25, 0.3) is 0 Å². The number of thioether (sulfide) groups is 1. The van der Waals surface area contributed by atoms with Gasteiger partial charge in [0.05, 0.1) is 4.90 Å². The number of fused-ring (bicyclic) bond motifs is 1. The fourth-order valence-electron chi connectivity index (χ4n) is 4.37. The van der Waals surface area contributed by atoms with E-state index in [0.29, 0.717) is 37.4 Å². The number of carbonyl (C=O) groups excluding carboxylic acids is 1. The smallest absolute Gasteiger partial charge is 0.243 e. The lowest BCUT2D eigenvalue weighted by atomic mass is 9.97. The van der Waals surface area contributed by atoms with Crippen LogP contribution < -0.4 is 5.32 Å². The minimum Gasteiger partial charge on any atom is -0.356 e. The Hall–Kier alpha value is -1.90. The molecule has 0 atom stereocenters. The van der Waals surface area contributed by atoms with Crippen LogP contribution in [0.1, 0.15) is 36.8 Å². The van der Waals surface area contributed by atoms with Gasteiger partial charge in [0, 0.05) is 30.4 Å². The molecule has 1 N–H and O–H groups in total. The first-order valence-electron chi connectivity index (χ1n) is 11.2. The molecule has 1 amide bonds. The van der Waals surface area contributed by atoms with Crippen LogP contribution in [0.2, 0.25) is 0 Å². The van der Waals surface area contributed by atoms with E-state index in [-0.39, 0.29) is 17.6 Å². The lowest BCUT2D eigenvalue weighted by molar-refractivity contribution is -0.126. The van der Waals surface area contributed by atoms with Crippen LogP contribution in [0, 0.1) is 11.7 Å². The monoisotopic (exact) mass is 476 g/mol. The maximum absolute atomic E-state index is 13.0. The zero-order valence-electron chi connectivity index (χ0n) is 18.1. The van der Waals surface area contributed by atoms with Gasteiger partial charge in [-0.15, -0.1) is 11.8 Å². The SMILES string of the molecule is O=C(NCCCSc1ccc(F)cc1)C1CCN(S(=O)(=O)c2ccc3c(c2)CCC3)CC1. The highest BCUT2D eigenvalue weighted by Gasteiger charge is 2.32. The normalized spacial score (nSPS) is 17.3. The van der Waals surface area contributed by atoms with Crippen LogP contribution in [0.25, 0.3) is 0 Å². The summed E-state index contributed by atoms with van der Waals surface area (Å²) in [4.78, 5) is 13.9. The molecule has 1 fully saturated rings. The Labute approximate surface area is 193 Å². The molecule has 5 nitrogen and oxygen atoms in total. The quantitative estimate of drug-likeness (QED) is 0.462. The summed E-state index contributed by atoms with van der Waals surface area (Å²) in [6.07, 6.45) is 4.97. The Bertz CT molecular complexity index is 1050. The summed E-state index contributed by atoms with van der Waals surface area (Å²) in [5, 5.41) is 2.98. The summed E-state index contributed by atoms with van der Waals surface area (Å²) in [5.41, 5.74) is 2.41. The van der Waals surface area contributed by atoms with Gasteiger partial charge in [0.2, 0.25) is 15.9 Å². The summed E-state index contributed by atoms with van der Waals surface area (Å²) in [6, 6.07) is 11.9. The number of aryl methyl sites for hydroxylation is 2. The van der Waals surface area contributed by atoms with E-state index in [4.69, 9.17) is 0 Å². The van der Waals surface area contributed by atoms with Gasteiger partial charge in [-0.3, -0.25) is 4.79 Å². The van der Waals surface area contributed by atoms with Crippen LogP contribution >= 0.6 is 11.8 Å². The van der Waals surface area contributed by atoms with Gasteiger partial charge in [0.15, 0.2) is 0 Å². The third-order valence-electron chi connectivity index (χ3n) is 6.24. The molecule has 2 aromatic rings.